The van der Waals surface area contributed by atoms with Crippen molar-refractivity contribution in [1.29, 1.82) is 0 Å². The first-order valence-corrected chi connectivity index (χ1v) is 8.13. The Bertz CT molecular complexity index is 679. The standard InChI is InChI=1S/C17H20FN3O3/c1-2-23-17(22)13-7-9-21(10-8-13)11-15-19-16(20-24-15)12-3-5-14(18)6-4-12/h3-6,13H,2,7-11H2,1H3. The van der Waals surface area contributed by atoms with Crippen molar-refractivity contribution < 1.29 is 18.4 Å². The molecule has 2 aromatic rings. The maximum Gasteiger partial charge on any atom is 0.309 e. The molecule has 1 aromatic heterocycles. The van der Waals surface area contributed by atoms with Gasteiger partial charge in [-0.1, -0.05) is 5.16 Å². The second-order valence-electron chi connectivity index (χ2n) is 5.82. The molecule has 3 rings (SSSR count). The van der Waals surface area contributed by atoms with Gasteiger partial charge in [0.1, 0.15) is 5.82 Å². The summed E-state index contributed by atoms with van der Waals surface area (Å²) >= 11 is 0. The van der Waals surface area contributed by atoms with Crippen molar-refractivity contribution in [2.24, 2.45) is 5.92 Å². The van der Waals surface area contributed by atoms with Crippen LogP contribution in [0.3, 0.4) is 0 Å². The fraction of sp³-hybridized carbons (Fsp3) is 0.471. The van der Waals surface area contributed by atoms with Crippen LogP contribution in [0.5, 0.6) is 0 Å². The van der Waals surface area contributed by atoms with Crippen LogP contribution in [0.2, 0.25) is 0 Å². The van der Waals surface area contributed by atoms with Gasteiger partial charge in [-0.3, -0.25) is 9.69 Å². The Hall–Kier alpha value is -2.28. The van der Waals surface area contributed by atoms with Crippen molar-refractivity contribution in [2.75, 3.05) is 19.7 Å². The minimum Gasteiger partial charge on any atom is -0.466 e. The first-order valence-electron chi connectivity index (χ1n) is 8.13. The van der Waals surface area contributed by atoms with Gasteiger partial charge in [0.15, 0.2) is 0 Å². The highest BCUT2D eigenvalue weighted by molar-refractivity contribution is 5.72. The molecular formula is C17H20FN3O3. The lowest BCUT2D eigenvalue weighted by Crippen LogP contribution is -2.36. The first-order chi connectivity index (χ1) is 11.7. The number of benzene rings is 1. The quantitative estimate of drug-likeness (QED) is 0.784. The van der Waals surface area contributed by atoms with Crippen LogP contribution in [0.15, 0.2) is 28.8 Å². The topological polar surface area (TPSA) is 68.5 Å². The summed E-state index contributed by atoms with van der Waals surface area (Å²) in [4.78, 5) is 18.3. The monoisotopic (exact) mass is 333 g/mol. The van der Waals surface area contributed by atoms with Gasteiger partial charge in [-0.15, -0.1) is 0 Å². The maximum atomic E-state index is 12.9. The molecule has 1 fully saturated rings. The molecule has 2 heterocycles. The lowest BCUT2D eigenvalue weighted by Gasteiger charge is -2.29. The van der Waals surface area contributed by atoms with Gasteiger partial charge >= 0.3 is 5.97 Å². The number of hydrogen-bond acceptors (Lipinski definition) is 6. The van der Waals surface area contributed by atoms with E-state index in [1.165, 1.54) is 12.1 Å². The van der Waals surface area contributed by atoms with E-state index in [2.05, 4.69) is 15.0 Å². The molecule has 1 aromatic carbocycles. The summed E-state index contributed by atoms with van der Waals surface area (Å²) in [5.41, 5.74) is 0.715. The van der Waals surface area contributed by atoms with E-state index in [9.17, 15) is 9.18 Å². The van der Waals surface area contributed by atoms with Crippen LogP contribution < -0.4 is 0 Å². The third-order valence-electron chi connectivity index (χ3n) is 4.14. The Kier molecular flexibility index (Phi) is 5.20. The Labute approximate surface area is 139 Å². The van der Waals surface area contributed by atoms with E-state index in [1.54, 1.807) is 12.1 Å². The van der Waals surface area contributed by atoms with Gasteiger partial charge in [0.05, 0.1) is 19.1 Å². The lowest BCUT2D eigenvalue weighted by molar-refractivity contribution is -0.149. The summed E-state index contributed by atoms with van der Waals surface area (Å²) in [5.74, 6) is 0.550. The fourth-order valence-corrected chi connectivity index (χ4v) is 2.81. The molecule has 0 unspecified atom stereocenters. The Morgan fingerprint density at radius 2 is 2.04 bits per heavy atom. The van der Waals surface area contributed by atoms with E-state index in [1.807, 2.05) is 6.92 Å². The zero-order valence-electron chi connectivity index (χ0n) is 13.6. The second-order valence-corrected chi connectivity index (χ2v) is 5.82. The number of piperidine rings is 1. The summed E-state index contributed by atoms with van der Waals surface area (Å²) in [7, 11) is 0. The predicted octanol–water partition coefficient (Wildman–Crippen LogP) is 2.65. The third-order valence-corrected chi connectivity index (χ3v) is 4.14. The first kappa shape index (κ1) is 16.6. The predicted molar refractivity (Wildman–Crippen MR) is 84.3 cm³/mol. The van der Waals surface area contributed by atoms with Crippen molar-refractivity contribution in [2.45, 2.75) is 26.3 Å². The number of carbonyl (C=O) groups is 1. The highest BCUT2D eigenvalue weighted by Crippen LogP contribution is 2.21. The summed E-state index contributed by atoms with van der Waals surface area (Å²) in [6.45, 7) is 4.37. The number of carbonyl (C=O) groups excluding carboxylic acids is 1. The number of aromatic nitrogens is 2. The number of esters is 1. The molecule has 0 atom stereocenters. The number of hydrogen-bond donors (Lipinski definition) is 0. The maximum absolute atomic E-state index is 12.9. The normalized spacial score (nSPS) is 16.2. The SMILES string of the molecule is CCOC(=O)C1CCN(Cc2nc(-c3ccc(F)cc3)no2)CC1. The van der Waals surface area contributed by atoms with Crippen LogP contribution in [0, 0.1) is 11.7 Å². The highest BCUT2D eigenvalue weighted by atomic mass is 19.1. The molecule has 0 spiro atoms. The Morgan fingerprint density at radius 3 is 2.71 bits per heavy atom. The summed E-state index contributed by atoms with van der Waals surface area (Å²) in [5, 5.41) is 3.94. The van der Waals surface area contributed by atoms with Gasteiger partial charge in [-0.2, -0.15) is 4.98 Å². The fourth-order valence-electron chi connectivity index (χ4n) is 2.81. The average Bonchev–Trinajstić information content (AvgIpc) is 3.05. The Morgan fingerprint density at radius 1 is 1.33 bits per heavy atom. The van der Waals surface area contributed by atoms with E-state index >= 15 is 0 Å². The molecule has 7 heteroatoms. The molecule has 1 saturated heterocycles. The lowest BCUT2D eigenvalue weighted by atomic mass is 9.97. The molecule has 0 bridgehead atoms. The van der Waals surface area contributed by atoms with E-state index in [-0.39, 0.29) is 17.7 Å². The van der Waals surface area contributed by atoms with Crippen molar-refractivity contribution >= 4 is 5.97 Å². The van der Waals surface area contributed by atoms with E-state index in [4.69, 9.17) is 9.26 Å². The average molecular weight is 333 g/mol. The number of halogens is 1. The molecule has 0 radical (unpaired) electrons. The largest absolute Gasteiger partial charge is 0.466 e. The zero-order valence-corrected chi connectivity index (χ0v) is 13.6. The summed E-state index contributed by atoms with van der Waals surface area (Å²) in [6.07, 6.45) is 1.55. The van der Waals surface area contributed by atoms with Crippen LogP contribution in [0.1, 0.15) is 25.7 Å². The van der Waals surface area contributed by atoms with Gasteiger partial charge < -0.3 is 9.26 Å². The molecule has 0 aliphatic carbocycles. The minimum absolute atomic E-state index is 0.0151. The number of ether oxygens (including phenoxy) is 1. The molecule has 6 nitrogen and oxygen atoms in total. The summed E-state index contributed by atoms with van der Waals surface area (Å²) in [6, 6.07) is 5.97. The van der Waals surface area contributed by atoms with Gasteiger partial charge in [-0.25, -0.2) is 4.39 Å². The van der Waals surface area contributed by atoms with Gasteiger partial charge in [0.2, 0.25) is 11.7 Å². The molecule has 128 valence electrons. The van der Waals surface area contributed by atoms with Gasteiger partial charge in [0, 0.05) is 5.56 Å². The minimum atomic E-state index is -0.299. The molecule has 0 amide bonds. The van der Waals surface area contributed by atoms with Crippen molar-refractivity contribution in [3.8, 4) is 11.4 Å². The van der Waals surface area contributed by atoms with E-state index < -0.39 is 0 Å². The zero-order chi connectivity index (χ0) is 16.9. The van der Waals surface area contributed by atoms with Crippen molar-refractivity contribution in [3.05, 3.63) is 36.0 Å². The molecular weight excluding hydrogens is 313 g/mol. The molecule has 0 saturated carbocycles. The number of nitrogens with zero attached hydrogens (tertiary/aromatic N) is 3. The van der Waals surface area contributed by atoms with E-state index in [0.29, 0.717) is 30.4 Å². The van der Waals surface area contributed by atoms with E-state index in [0.717, 1.165) is 25.9 Å². The third kappa shape index (κ3) is 3.97. The van der Waals surface area contributed by atoms with Crippen LogP contribution in [-0.4, -0.2) is 40.7 Å². The van der Waals surface area contributed by atoms with Crippen LogP contribution in [0.25, 0.3) is 11.4 Å². The van der Waals surface area contributed by atoms with Crippen molar-refractivity contribution in [1.82, 2.24) is 15.0 Å². The van der Waals surface area contributed by atoms with Crippen LogP contribution in [0.4, 0.5) is 4.39 Å². The number of rotatable bonds is 5. The van der Waals surface area contributed by atoms with Crippen LogP contribution in [-0.2, 0) is 16.1 Å². The van der Waals surface area contributed by atoms with Crippen LogP contribution >= 0.6 is 0 Å². The highest BCUT2D eigenvalue weighted by Gasteiger charge is 2.26. The molecule has 0 N–H and O–H groups in total. The second kappa shape index (κ2) is 7.53. The smallest absolute Gasteiger partial charge is 0.309 e. The summed E-state index contributed by atoms with van der Waals surface area (Å²) < 4.78 is 23.3. The van der Waals surface area contributed by atoms with Crippen molar-refractivity contribution in [3.63, 3.8) is 0 Å². The molecule has 24 heavy (non-hydrogen) atoms. The molecule has 1 aliphatic heterocycles. The Balaban J connectivity index is 1.54. The van der Waals surface area contributed by atoms with Gasteiger partial charge in [0.25, 0.3) is 0 Å². The van der Waals surface area contributed by atoms with Gasteiger partial charge in [-0.05, 0) is 57.1 Å². The molecule has 1 aliphatic rings. The number of likely N-dealkylation sites (tertiary alicyclic amines) is 1.